The highest BCUT2D eigenvalue weighted by Gasteiger charge is 2.21. The third-order valence-electron chi connectivity index (χ3n) is 3.25. The van der Waals surface area contributed by atoms with Gasteiger partial charge in [0, 0.05) is 0 Å². The second-order valence-electron chi connectivity index (χ2n) is 4.37. The molecule has 1 atom stereocenters. The van der Waals surface area contributed by atoms with E-state index in [9.17, 15) is 5.11 Å². The van der Waals surface area contributed by atoms with Gasteiger partial charge in [-0.25, -0.2) is 0 Å². The number of hydrogen-bond donors (Lipinski definition) is 2. The second kappa shape index (κ2) is 5.32. The Morgan fingerprint density at radius 1 is 1.24 bits per heavy atom. The van der Waals surface area contributed by atoms with Crippen molar-refractivity contribution in [3.8, 4) is 0 Å². The van der Waals surface area contributed by atoms with Gasteiger partial charge in [-0.05, 0) is 62.4 Å². The Labute approximate surface area is 103 Å². The number of aliphatic hydroxyl groups excluding tert-OH is 1. The Balaban J connectivity index is 3.25. The Kier molecular flexibility index (Phi) is 4.29. The first-order valence-electron chi connectivity index (χ1n) is 5.86. The van der Waals surface area contributed by atoms with E-state index in [0.29, 0.717) is 6.61 Å². The van der Waals surface area contributed by atoms with Crippen molar-refractivity contribution in [1.29, 1.82) is 5.41 Å². The van der Waals surface area contributed by atoms with Crippen LogP contribution in [-0.2, 0) is 4.74 Å². The summed E-state index contributed by atoms with van der Waals surface area (Å²) in [5.41, 5.74) is 5.13. The Bertz CT molecular complexity index is 412. The molecule has 2 N–H and O–H groups in total. The molecule has 1 rings (SSSR count). The van der Waals surface area contributed by atoms with Gasteiger partial charge >= 0.3 is 0 Å². The predicted octanol–water partition coefficient (Wildman–Crippen LogP) is 2.97. The minimum Gasteiger partial charge on any atom is -0.479 e. The van der Waals surface area contributed by atoms with Crippen LogP contribution in [0.2, 0.25) is 0 Å². The molecule has 0 spiro atoms. The van der Waals surface area contributed by atoms with E-state index in [0.717, 1.165) is 27.8 Å². The summed E-state index contributed by atoms with van der Waals surface area (Å²) in [5, 5.41) is 17.9. The van der Waals surface area contributed by atoms with Gasteiger partial charge in [0.2, 0.25) is 5.90 Å². The molecule has 0 aliphatic heterocycles. The second-order valence-corrected chi connectivity index (χ2v) is 4.37. The van der Waals surface area contributed by atoms with Crippen LogP contribution < -0.4 is 0 Å². The van der Waals surface area contributed by atoms with E-state index >= 15 is 0 Å². The number of rotatable bonds is 3. The molecule has 3 heteroatoms. The average Bonchev–Trinajstić information content (AvgIpc) is 2.27. The predicted molar refractivity (Wildman–Crippen MR) is 69.7 cm³/mol. The molecule has 94 valence electrons. The van der Waals surface area contributed by atoms with Crippen molar-refractivity contribution < 1.29 is 9.84 Å². The molecule has 0 fully saturated rings. The van der Waals surface area contributed by atoms with E-state index in [2.05, 4.69) is 6.07 Å². The minimum atomic E-state index is -0.964. The maximum Gasteiger partial charge on any atom is 0.214 e. The number of hydrogen-bond acceptors (Lipinski definition) is 3. The summed E-state index contributed by atoms with van der Waals surface area (Å²) in [6.45, 7) is 10.2. The zero-order valence-electron chi connectivity index (χ0n) is 11.2. The average molecular weight is 235 g/mol. The van der Waals surface area contributed by atoms with Crippen molar-refractivity contribution in [1.82, 2.24) is 0 Å². The van der Waals surface area contributed by atoms with E-state index in [-0.39, 0.29) is 5.90 Å². The van der Waals surface area contributed by atoms with Gasteiger partial charge in [-0.15, -0.1) is 0 Å². The molecule has 0 bridgehead atoms. The van der Waals surface area contributed by atoms with Crippen molar-refractivity contribution >= 4 is 5.90 Å². The van der Waals surface area contributed by atoms with Crippen LogP contribution in [0.5, 0.6) is 0 Å². The molecule has 0 aliphatic rings. The lowest BCUT2D eigenvalue weighted by Gasteiger charge is -2.20. The van der Waals surface area contributed by atoms with Crippen LogP contribution in [-0.4, -0.2) is 17.6 Å². The third kappa shape index (κ3) is 2.67. The molecule has 0 amide bonds. The van der Waals surface area contributed by atoms with Crippen LogP contribution >= 0.6 is 0 Å². The van der Waals surface area contributed by atoms with E-state index in [1.54, 1.807) is 0 Å². The summed E-state index contributed by atoms with van der Waals surface area (Å²) in [7, 11) is 0. The van der Waals surface area contributed by atoms with E-state index < -0.39 is 6.10 Å². The maximum atomic E-state index is 10.2. The lowest BCUT2D eigenvalue weighted by molar-refractivity contribution is 0.189. The van der Waals surface area contributed by atoms with Crippen LogP contribution in [0.15, 0.2) is 6.07 Å². The SMILES string of the molecule is CCOC(=N)[C@@H](O)c1c(C)c(C)cc(C)c1C. The largest absolute Gasteiger partial charge is 0.479 e. The number of aryl methyl sites for hydroxylation is 2. The Morgan fingerprint density at radius 2 is 1.71 bits per heavy atom. The molecular formula is C14H21NO2. The van der Waals surface area contributed by atoms with Crippen molar-refractivity contribution in [2.75, 3.05) is 6.61 Å². The molecule has 0 heterocycles. The standard InChI is InChI=1S/C14H21NO2/c1-6-17-14(15)13(16)12-10(4)8(2)7-9(3)11(12)5/h7,13,15-16H,6H2,1-5H3/t13-/m0/s1. The zero-order valence-corrected chi connectivity index (χ0v) is 11.2. The van der Waals surface area contributed by atoms with Crippen molar-refractivity contribution in [2.24, 2.45) is 0 Å². The summed E-state index contributed by atoms with van der Waals surface area (Å²) in [5.74, 6) is -0.0799. The van der Waals surface area contributed by atoms with E-state index in [1.807, 2.05) is 34.6 Å². The van der Waals surface area contributed by atoms with Gasteiger partial charge < -0.3 is 9.84 Å². The fraction of sp³-hybridized carbons (Fsp3) is 0.500. The number of ether oxygens (including phenoxy) is 1. The first kappa shape index (κ1) is 13.7. The van der Waals surface area contributed by atoms with Gasteiger partial charge in [-0.1, -0.05) is 6.07 Å². The van der Waals surface area contributed by atoms with Gasteiger partial charge in [-0.2, -0.15) is 0 Å². The van der Waals surface area contributed by atoms with Crippen LogP contribution in [0.25, 0.3) is 0 Å². The quantitative estimate of drug-likeness (QED) is 0.625. The normalized spacial score (nSPS) is 12.4. The summed E-state index contributed by atoms with van der Waals surface area (Å²) in [4.78, 5) is 0. The van der Waals surface area contributed by atoms with Crippen LogP contribution in [0.1, 0.15) is 40.8 Å². The van der Waals surface area contributed by atoms with Gasteiger partial charge in [0.15, 0.2) is 6.10 Å². The fourth-order valence-electron chi connectivity index (χ4n) is 2.02. The molecule has 0 radical (unpaired) electrons. The molecular weight excluding hydrogens is 214 g/mol. The van der Waals surface area contributed by atoms with Crippen molar-refractivity contribution in [3.05, 3.63) is 33.9 Å². The third-order valence-corrected chi connectivity index (χ3v) is 3.25. The first-order valence-corrected chi connectivity index (χ1v) is 5.86. The summed E-state index contributed by atoms with van der Waals surface area (Å²) in [6.07, 6.45) is -0.964. The van der Waals surface area contributed by atoms with Gasteiger partial charge in [-0.3, -0.25) is 5.41 Å². The molecule has 0 saturated carbocycles. The molecule has 0 aliphatic carbocycles. The van der Waals surface area contributed by atoms with Crippen LogP contribution in [0.3, 0.4) is 0 Å². The molecule has 1 aromatic rings. The lowest BCUT2D eigenvalue weighted by atomic mass is 9.91. The van der Waals surface area contributed by atoms with Gasteiger partial charge in [0.05, 0.1) is 6.61 Å². The molecule has 0 saturated heterocycles. The van der Waals surface area contributed by atoms with E-state index in [4.69, 9.17) is 10.1 Å². The fourth-order valence-corrected chi connectivity index (χ4v) is 2.02. The molecule has 1 aromatic carbocycles. The highest BCUT2D eigenvalue weighted by molar-refractivity contribution is 5.80. The number of benzene rings is 1. The monoisotopic (exact) mass is 235 g/mol. The molecule has 0 unspecified atom stereocenters. The summed E-state index contributed by atoms with van der Waals surface area (Å²) < 4.78 is 5.08. The lowest BCUT2D eigenvalue weighted by Crippen LogP contribution is -2.17. The zero-order chi connectivity index (χ0) is 13.2. The Hall–Kier alpha value is -1.35. The molecule has 0 aromatic heterocycles. The molecule has 17 heavy (non-hydrogen) atoms. The first-order chi connectivity index (χ1) is 7.90. The van der Waals surface area contributed by atoms with Crippen molar-refractivity contribution in [2.45, 2.75) is 40.7 Å². The summed E-state index contributed by atoms with van der Waals surface area (Å²) in [6, 6.07) is 2.10. The van der Waals surface area contributed by atoms with Gasteiger partial charge in [0.1, 0.15) is 0 Å². The number of aliphatic hydroxyl groups is 1. The highest BCUT2D eigenvalue weighted by atomic mass is 16.5. The van der Waals surface area contributed by atoms with Crippen LogP contribution in [0.4, 0.5) is 0 Å². The van der Waals surface area contributed by atoms with Crippen LogP contribution in [0, 0.1) is 33.1 Å². The smallest absolute Gasteiger partial charge is 0.214 e. The number of nitrogens with one attached hydrogen (secondary N) is 1. The van der Waals surface area contributed by atoms with Crippen molar-refractivity contribution in [3.63, 3.8) is 0 Å². The summed E-state index contributed by atoms with van der Waals surface area (Å²) >= 11 is 0. The minimum absolute atomic E-state index is 0.0799. The van der Waals surface area contributed by atoms with E-state index in [1.165, 1.54) is 0 Å². The van der Waals surface area contributed by atoms with Gasteiger partial charge in [0.25, 0.3) is 0 Å². The molecule has 3 nitrogen and oxygen atoms in total. The Morgan fingerprint density at radius 3 is 2.12 bits per heavy atom. The highest BCUT2D eigenvalue weighted by Crippen LogP contribution is 2.28. The topological polar surface area (TPSA) is 53.3 Å². The maximum absolute atomic E-state index is 10.2.